The van der Waals surface area contributed by atoms with Crippen molar-refractivity contribution < 1.29 is 14.3 Å². The Bertz CT molecular complexity index is 433. The number of likely N-dealkylation sites (N-methyl/N-ethyl adjacent to an activating group) is 1. The number of nitrogens with one attached hydrogen (secondary N) is 1. The van der Waals surface area contributed by atoms with Gasteiger partial charge in [-0.3, -0.25) is 5.32 Å². The van der Waals surface area contributed by atoms with Crippen LogP contribution in [0.2, 0.25) is 0 Å². The van der Waals surface area contributed by atoms with Crippen LogP contribution in [-0.2, 0) is 19.8 Å². The van der Waals surface area contributed by atoms with Crippen LogP contribution in [0.15, 0.2) is 30.3 Å². The van der Waals surface area contributed by atoms with Gasteiger partial charge in [-0.05, 0) is 24.9 Å². The van der Waals surface area contributed by atoms with Gasteiger partial charge in [-0.2, -0.15) is 0 Å². The van der Waals surface area contributed by atoms with Gasteiger partial charge in [0.15, 0.2) is 5.54 Å². The first-order valence-corrected chi connectivity index (χ1v) is 7.48. The molecule has 0 amide bonds. The van der Waals surface area contributed by atoms with Crippen LogP contribution in [0.5, 0.6) is 0 Å². The third-order valence-corrected chi connectivity index (χ3v) is 3.78. The predicted octanol–water partition coefficient (Wildman–Crippen LogP) is 2.73. The van der Waals surface area contributed by atoms with Gasteiger partial charge >= 0.3 is 5.97 Å². The van der Waals surface area contributed by atoms with E-state index in [-0.39, 0.29) is 18.7 Å². The first kappa shape index (κ1) is 17.7. The molecule has 2 unspecified atom stereocenters. The maximum Gasteiger partial charge on any atom is 0.333 e. The Labute approximate surface area is 127 Å². The highest BCUT2D eigenvalue weighted by molar-refractivity contribution is 5.82. The maximum absolute atomic E-state index is 12.4. The average Bonchev–Trinajstić information content (AvgIpc) is 2.51. The number of rotatable bonds is 8. The summed E-state index contributed by atoms with van der Waals surface area (Å²) >= 11 is 0. The van der Waals surface area contributed by atoms with Crippen molar-refractivity contribution in [3.63, 3.8) is 0 Å². The van der Waals surface area contributed by atoms with Crippen molar-refractivity contribution in [1.29, 1.82) is 0 Å². The summed E-state index contributed by atoms with van der Waals surface area (Å²) in [4.78, 5) is 12.4. The molecular weight excluding hydrogens is 266 g/mol. The lowest BCUT2D eigenvalue weighted by molar-refractivity contribution is -0.153. The fourth-order valence-corrected chi connectivity index (χ4v) is 2.13. The summed E-state index contributed by atoms with van der Waals surface area (Å²) in [5, 5.41) is 3.26. The smallest absolute Gasteiger partial charge is 0.333 e. The Morgan fingerprint density at radius 1 is 1.24 bits per heavy atom. The number of methoxy groups -OCH3 is 1. The third-order valence-electron chi connectivity index (χ3n) is 3.78. The van der Waals surface area contributed by atoms with Crippen LogP contribution >= 0.6 is 0 Å². The Hall–Kier alpha value is -1.39. The lowest BCUT2D eigenvalue weighted by Crippen LogP contribution is -2.54. The minimum absolute atomic E-state index is 0.0661. The molecule has 0 aromatic heterocycles. The first-order valence-electron chi connectivity index (χ1n) is 7.48. The molecule has 1 aromatic carbocycles. The molecule has 4 heteroatoms. The predicted molar refractivity (Wildman–Crippen MR) is 84.1 cm³/mol. The number of hydrogen-bond donors (Lipinski definition) is 1. The van der Waals surface area contributed by atoms with E-state index in [1.807, 2.05) is 44.2 Å². The van der Waals surface area contributed by atoms with E-state index in [1.165, 1.54) is 7.11 Å². The second-order valence-corrected chi connectivity index (χ2v) is 5.55. The number of esters is 1. The standard InChI is InChI=1S/C17H27NO3/c1-6-18-17(16(19)20-5,12-21-14(4)13(2)3)15-10-8-7-9-11-15/h7-11,13-14,18H,6,12H2,1-5H3. The molecule has 118 valence electrons. The molecule has 0 aliphatic rings. The lowest BCUT2D eigenvalue weighted by atomic mass is 9.90. The van der Waals surface area contributed by atoms with Gasteiger partial charge < -0.3 is 9.47 Å². The van der Waals surface area contributed by atoms with Gasteiger partial charge in [0.25, 0.3) is 0 Å². The van der Waals surface area contributed by atoms with E-state index in [9.17, 15) is 4.79 Å². The lowest BCUT2D eigenvalue weighted by Gasteiger charge is -2.33. The van der Waals surface area contributed by atoms with Gasteiger partial charge in [0.2, 0.25) is 0 Å². The quantitative estimate of drug-likeness (QED) is 0.749. The zero-order chi connectivity index (χ0) is 15.9. The number of hydrogen-bond acceptors (Lipinski definition) is 4. The molecule has 0 fully saturated rings. The minimum Gasteiger partial charge on any atom is -0.467 e. The molecule has 0 heterocycles. The monoisotopic (exact) mass is 293 g/mol. The van der Waals surface area contributed by atoms with E-state index < -0.39 is 5.54 Å². The SMILES string of the molecule is CCNC(COC(C)C(C)C)(C(=O)OC)c1ccccc1. The maximum atomic E-state index is 12.4. The van der Waals surface area contributed by atoms with E-state index in [1.54, 1.807) is 0 Å². The van der Waals surface area contributed by atoms with E-state index in [0.717, 1.165) is 5.56 Å². The molecule has 0 saturated carbocycles. The average molecular weight is 293 g/mol. The largest absolute Gasteiger partial charge is 0.467 e. The summed E-state index contributed by atoms with van der Waals surface area (Å²) in [6.45, 7) is 9.07. The molecular formula is C17H27NO3. The number of carbonyl (C=O) groups is 1. The van der Waals surface area contributed by atoms with Crippen molar-refractivity contribution in [3.05, 3.63) is 35.9 Å². The van der Waals surface area contributed by atoms with Crippen LogP contribution in [-0.4, -0.2) is 32.3 Å². The number of carbonyl (C=O) groups excluding carboxylic acids is 1. The highest BCUT2D eigenvalue weighted by atomic mass is 16.5. The molecule has 0 radical (unpaired) electrons. The molecule has 0 bridgehead atoms. The van der Waals surface area contributed by atoms with Crippen LogP contribution < -0.4 is 5.32 Å². The third kappa shape index (κ3) is 4.29. The molecule has 0 spiro atoms. The zero-order valence-corrected chi connectivity index (χ0v) is 13.7. The molecule has 4 nitrogen and oxygen atoms in total. The number of ether oxygens (including phenoxy) is 2. The molecule has 0 aliphatic heterocycles. The van der Waals surface area contributed by atoms with E-state index in [2.05, 4.69) is 19.2 Å². The normalized spacial score (nSPS) is 15.5. The fourth-order valence-electron chi connectivity index (χ4n) is 2.13. The van der Waals surface area contributed by atoms with E-state index in [4.69, 9.17) is 9.47 Å². The van der Waals surface area contributed by atoms with Gasteiger partial charge in [-0.1, -0.05) is 51.1 Å². The van der Waals surface area contributed by atoms with Crippen molar-refractivity contribution in [3.8, 4) is 0 Å². The van der Waals surface area contributed by atoms with Gasteiger partial charge in [0.1, 0.15) is 0 Å². The fraction of sp³-hybridized carbons (Fsp3) is 0.588. The summed E-state index contributed by atoms with van der Waals surface area (Å²) in [6.07, 6.45) is 0.0661. The summed E-state index contributed by atoms with van der Waals surface area (Å²) in [5.74, 6) is 0.0595. The molecule has 1 N–H and O–H groups in total. The second kappa shape index (κ2) is 8.15. The molecule has 1 rings (SSSR count). The Morgan fingerprint density at radius 2 is 1.86 bits per heavy atom. The van der Waals surface area contributed by atoms with Crippen LogP contribution in [0.4, 0.5) is 0 Å². The van der Waals surface area contributed by atoms with Gasteiger partial charge in [-0.25, -0.2) is 4.79 Å². The van der Waals surface area contributed by atoms with E-state index >= 15 is 0 Å². The number of benzene rings is 1. The van der Waals surface area contributed by atoms with E-state index in [0.29, 0.717) is 12.5 Å². The zero-order valence-electron chi connectivity index (χ0n) is 13.7. The highest BCUT2D eigenvalue weighted by Crippen LogP contribution is 2.25. The van der Waals surface area contributed by atoms with Gasteiger partial charge in [0, 0.05) is 0 Å². The Balaban J connectivity index is 3.10. The molecule has 21 heavy (non-hydrogen) atoms. The van der Waals surface area contributed by atoms with Crippen molar-refractivity contribution >= 4 is 5.97 Å². The van der Waals surface area contributed by atoms with Crippen LogP contribution in [0.25, 0.3) is 0 Å². The second-order valence-electron chi connectivity index (χ2n) is 5.55. The summed E-state index contributed by atoms with van der Waals surface area (Å²) < 4.78 is 11.0. The van der Waals surface area contributed by atoms with Crippen molar-refractivity contribution in [2.24, 2.45) is 5.92 Å². The van der Waals surface area contributed by atoms with Gasteiger partial charge in [-0.15, -0.1) is 0 Å². The van der Waals surface area contributed by atoms with Crippen molar-refractivity contribution in [2.45, 2.75) is 39.3 Å². The van der Waals surface area contributed by atoms with Gasteiger partial charge in [0.05, 0.1) is 19.8 Å². The summed E-state index contributed by atoms with van der Waals surface area (Å²) in [7, 11) is 1.41. The molecule has 0 saturated heterocycles. The molecule has 2 atom stereocenters. The van der Waals surface area contributed by atoms with Crippen LogP contribution in [0.1, 0.15) is 33.3 Å². The van der Waals surface area contributed by atoms with Crippen LogP contribution in [0, 0.1) is 5.92 Å². The topological polar surface area (TPSA) is 47.6 Å². The summed E-state index contributed by atoms with van der Waals surface area (Å²) in [5.41, 5.74) is -0.108. The Morgan fingerprint density at radius 3 is 2.33 bits per heavy atom. The highest BCUT2D eigenvalue weighted by Gasteiger charge is 2.41. The van der Waals surface area contributed by atoms with Crippen LogP contribution in [0.3, 0.4) is 0 Å². The van der Waals surface area contributed by atoms with Crippen molar-refractivity contribution in [2.75, 3.05) is 20.3 Å². The van der Waals surface area contributed by atoms with Crippen molar-refractivity contribution in [1.82, 2.24) is 5.32 Å². The summed E-state index contributed by atoms with van der Waals surface area (Å²) in [6, 6.07) is 9.59. The Kier molecular flexibility index (Phi) is 6.85. The first-order chi connectivity index (χ1) is 9.97. The molecule has 0 aliphatic carbocycles. The minimum atomic E-state index is -0.964. The molecule has 1 aromatic rings.